The van der Waals surface area contributed by atoms with Gasteiger partial charge in [0.2, 0.25) is 5.91 Å². The lowest BCUT2D eigenvalue weighted by atomic mass is 10.1. The fourth-order valence-electron chi connectivity index (χ4n) is 2.16. The molecule has 0 aromatic heterocycles. The summed E-state index contributed by atoms with van der Waals surface area (Å²) in [5.41, 5.74) is 7.55. The summed E-state index contributed by atoms with van der Waals surface area (Å²) in [5.74, 6) is -1.19. The molecule has 0 spiro atoms. The first kappa shape index (κ1) is 17.2. The highest BCUT2D eigenvalue weighted by atomic mass is 16.2. The summed E-state index contributed by atoms with van der Waals surface area (Å²) in [6, 6.07) is 13.7. The maximum atomic E-state index is 12.2. The molecule has 2 aromatic carbocycles. The lowest BCUT2D eigenvalue weighted by Gasteiger charge is -2.15. The number of amides is 3. The van der Waals surface area contributed by atoms with E-state index in [0.717, 1.165) is 5.56 Å². The zero-order chi connectivity index (χ0) is 17.7. The Bertz CT molecular complexity index is 769. The summed E-state index contributed by atoms with van der Waals surface area (Å²) in [4.78, 5) is 36.6. The van der Waals surface area contributed by atoms with Gasteiger partial charge in [0.05, 0.1) is 6.54 Å². The number of aryl methyl sites for hydroxylation is 1. The highest BCUT2D eigenvalue weighted by molar-refractivity contribution is 6.05. The van der Waals surface area contributed by atoms with E-state index in [2.05, 4.69) is 5.32 Å². The van der Waals surface area contributed by atoms with Gasteiger partial charge in [-0.15, -0.1) is 0 Å². The number of anilines is 1. The number of rotatable bonds is 5. The van der Waals surface area contributed by atoms with Crippen molar-refractivity contribution in [1.82, 2.24) is 4.90 Å². The zero-order valence-electron chi connectivity index (χ0n) is 13.6. The van der Waals surface area contributed by atoms with Crippen LogP contribution in [0.5, 0.6) is 0 Å². The molecule has 0 saturated heterocycles. The molecule has 6 nitrogen and oxygen atoms in total. The molecule has 124 valence electrons. The minimum atomic E-state index is -0.588. The third-order valence-corrected chi connectivity index (χ3v) is 3.42. The van der Waals surface area contributed by atoms with Crippen molar-refractivity contribution in [3.63, 3.8) is 0 Å². The third-order valence-electron chi connectivity index (χ3n) is 3.42. The number of carbonyl (C=O) groups is 3. The predicted molar refractivity (Wildman–Crippen MR) is 91.7 cm³/mol. The SMILES string of the molecule is Cc1ccc(C(=O)Nc2cccc(C(=O)N(C)CC(N)=O)c2)cc1. The van der Waals surface area contributed by atoms with E-state index in [4.69, 9.17) is 5.73 Å². The smallest absolute Gasteiger partial charge is 0.255 e. The quantitative estimate of drug-likeness (QED) is 0.878. The van der Waals surface area contributed by atoms with E-state index in [0.29, 0.717) is 16.8 Å². The minimum Gasteiger partial charge on any atom is -0.368 e. The Morgan fingerprint density at radius 2 is 1.71 bits per heavy atom. The van der Waals surface area contributed by atoms with Gasteiger partial charge < -0.3 is 16.0 Å². The van der Waals surface area contributed by atoms with Crippen LogP contribution in [0.25, 0.3) is 0 Å². The minimum absolute atomic E-state index is 0.168. The maximum Gasteiger partial charge on any atom is 0.255 e. The summed E-state index contributed by atoms with van der Waals surface area (Å²) in [6.45, 7) is 1.78. The van der Waals surface area contributed by atoms with Crippen molar-refractivity contribution < 1.29 is 14.4 Å². The van der Waals surface area contributed by atoms with Gasteiger partial charge in [0.25, 0.3) is 11.8 Å². The van der Waals surface area contributed by atoms with E-state index in [1.807, 2.05) is 19.1 Å². The second-order valence-corrected chi connectivity index (χ2v) is 5.53. The van der Waals surface area contributed by atoms with Crippen molar-refractivity contribution >= 4 is 23.4 Å². The molecule has 3 amide bonds. The molecular weight excluding hydrogens is 306 g/mol. The van der Waals surface area contributed by atoms with Crippen LogP contribution in [0.2, 0.25) is 0 Å². The lowest BCUT2D eigenvalue weighted by Crippen LogP contribution is -2.35. The van der Waals surface area contributed by atoms with Crippen LogP contribution >= 0.6 is 0 Å². The fourth-order valence-corrected chi connectivity index (χ4v) is 2.16. The van der Waals surface area contributed by atoms with Crippen LogP contribution in [0.4, 0.5) is 5.69 Å². The lowest BCUT2D eigenvalue weighted by molar-refractivity contribution is -0.118. The van der Waals surface area contributed by atoms with E-state index in [1.165, 1.54) is 11.9 Å². The molecule has 0 heterocycles. The first-order valence-corrected chi connectivity index (χ1v) is 7.38. The number of nitrogens with two attached hydrogens (primary N) is 1. The fraction of sp³-hybridized carbons (Fsp3) is 0.167. The van der Waals surface area contributed by atoms with Gasteiger partial charge in [-0.2, -0.15) is 0 Å². The van der Waals surface area contributed by atoms with E-state index in [-0.39, 0.29) is 18.4 Å². The summed E-state index contributed by atoms with van der Waals surface area (Å²) in [5, 5.41) is 2.75. The van der Waals surface area contributed by atoms with Gasteiger partial charge in [-0.05, 0) is 37.3 Å². The number of hydrogen-bond donors (Lipinski definition) is 2. The molecule has 0 bridgehead atoms. The molecule has 2 aromatic rings. The molecule has 0 aliphatic heterocycles. The number of benzene rings is 2. The summed E-state index contributed by atoms with van der Waals surface area (Å²) >= 11 is 0. The molecule has 24 heavy (non-hydrogen) atoms. The molecule has 0 unspecified atom stereocenters. The Labute approximate surface area is 140 Å². The van der Waals surface area contributed by atoms with E-state index >= 15 is 0 Å². The second kappa shape index (κ2) is 7.41. The van der Waals surface area contributed by atoms with Crippen LogP contribution < -0.4 is 11.1 Å². The molecule has 6 heteroatoms. The van der Waals surface area contributed by atoms with Crippen molar-refractivity contribution in [3.05, 3.63) is 65.2 Å². The highest BCUT2D eigenvalue weighted by Crippen LogP contribution is 2.14. The molecule has 3 N–H and O–H groups in total. The highest BCUT2D eigenvalue weighted by Gasteiger charge is 2.14. The average molecular weight is 325 g/mol. The first-order valence-electron chi connectivity index (χ1n) is 7.38. The molecular formula is C18H19N3O3. The summed E-state index contributed by atoms with van der Waals surface area (Å²) < 4.78 is 0. The van der Waals surface area contributed by atoms with Crippen LogP contribution in [-0.2, 0) is 4.79 Å². The van der Waals surface area contributed by atoms with Crippen LogP contribution in [-0.4, -0.2) is 36.2 Å². The monoisotopic (exact) mass is 325 g/mol. The van der Waals surface area contributed by atoms with Gasteiger partial charge in [-0.25, -0.2) is 0 Å². The van der Waals surface area contributed by atoms with Crippen LogP contribution in [0.15, 0.2) is 48.5 Å². The number of primary amides is 1. The van der Waals surface area contributed by atoms with Gasteiger partial charge in [0.1, 0.15) is 0 Å². The molecule has 0 radical (unpaired) electrons. The second-order valence-electron chi connectivity index (χ2n) is 5.53. The number of nitrogens with zero attached hydrogens (tertiary/aromatic N) is 1. The first-order chi connectivity index (χ1) is 11.4. The standard InChI is InChI=1S/C18H19N3O3/c1-12-6-8-13(9-7-12)17(23)20-15-5-3-4-14(10-15)18(24)21(2)11-16(19)22/h3-10H,11H2,1-2H3,(H2,19,22)(H,20,23). The Kier molecular flexibility index (Phi) is 5.31. The van der Waals surface area contributed by atoms with Gasteiger partial charge in [-0.3, -0.25) is 14.4 Å². The van der Waals surface area contributed by atoms with Gasteiger partial charge >= 0.3 is 0 Å². The maximum absolute atomic E-state index is 12.2. The predicted octanol–water partition coefficient (Wildman–Crippen LogP) is 1.80. The van der Waals surface area contributed by atoms with Gasteiger partial charge in [0.15, 0.2) is 0 Å². The van der Waals surface area contributed by atoms with E-state index < -0.39 is 5.91 Å². The van der Waals surface area contributed by atoms with Crippen molar-refractivity contribution in [3.8, 4) is 0 Å². The Morgan fingerprint density at radius 3 is 2.33 bits per heavy atom. The Morgan fingerprint density at radius 1 is 1.04 bits per heavy atom. The van der Waals surface area contributed by atoms with Crippen molar-refractivity contribution in [2.45, 2.75) is 6.92 Å². The number of likely N-dealkylation sites (N-methyl/N-ethyl adjacent to an activating group) is 1. The zero-order valence-corrected chi connectivity index (χ0v) is 13.6. The van der Waals surface area contributed by atoms with Gasteiger partial charge in [-0.1, -0.05) is 23.8 Å². The Hall–Kier alpha value is -3.15. The number of carbonyl (C=O) groups excluding carboxylic acids is 3. The summed E-state index contributed by atoms with van der Waals surface area (Å²) in [7, 11) is 1.49. The number of nitrogens with one attached hydrogen (secondary N) is 1. The molecule has 0 aliphatic rings. The molecule has 0 saturated carbocycles. The van der Waals surface area contributed by atoms with Crippen molar-refractivity contribution in [2.24, 2.45) is 5.73 Å². The van der Waals surface area contributed by atoms with Gasteiger partial charge in [0, 0.05) is 23.9 Å². The van der Waals surface area contributed by atoms with Crippen molar-refractivity contribution in [1.29, 1.82) is 0 Å². The number of hydrogen-bond acceptors (Lipinski definition) is 3. The average Bonchev–Trinajstić information content (AvgIpc) is 2.54. The topological polar surface area (TPSA) is 92.5 Å². The third kappa shape index (κ3) is 4.42. The molecule has 2 rings (SSSR count). The molecule has 0 aliphatic carbocycles. The normalized spacial score (nSPS) is 10.1. The van der Waals surface area contributed by atoms with Crippen LogP contribution in [0.1, 0.15) is 26.3 Å². The summed E-state index contributed by atoms with van der Waals surface area (Å²) in [6.07, 6.45) is 0. The van der Waals surface area contributed by atoms with Crippen LogP contribution in [0.3, 0.4) is 0 Å². The van der Waals surface area contributed by atoms with E-state index in [9.17, 15) is 14.4 Å². The molecule has 0 atom stereocenters. The van der Waals surface area contributed by atoms with Crippen LogP contribution in [0, 0.1) is 6.92 Å². The van der Waals surface area contributed by atoms with E-state index in [1.54, 1.807) is 36.4 Å². The van der Waals surface area contributed by atoms with Crippen molar-refractivity contribution in [2.75, 3.05) is 18.9 Å². The largest absolute Gasteiger partial charge is 0.368 e. The molecule has 0 fully saturated rings. The Balaban J connectivity index is 2.12.